The molecule has 0 bridgehead atoms. The van der Waals surface area contributed by atoms with Gasteiger partial charge in [0.05, 0.1) is 0 Å². The van der Waals surface area contributed by atoms with Gasteiger partial charge in [-0.2, -0.15) is 0 Å². The lowest BCUT2D eigenvalue weighted by molar-refractivity contribution is -0.187. The second-order valence-electron chi connectivity index (χ2n) is 10.4. The van der Waals surface area contributed by atoms with Crippen molar-refractivity contribution in [3.8, 4) is 0 Å². The second-order valence-corrected chi connectivity index (χ2v) is 10.4. The van der Waals surface area contributed by atoms with Crippen molar-refractivity contribution in [3.63, 3.8) is 0 Å². The smallest absolute Gasteiger partial charge is 0.303 e. The van der Waals surface area contributed by atoms with Crippen molar-refractivity contribution in [2.75, 3.05) is 6.61 Å². The summed E-state index contributed by atoms with van der Waals surface area (Å²) in [6.07, 6.45) is 9.45. The van der Waals surface area contributed by atoms with Crippen LogP contribution in [0.5, 0.6) is 0 Å². The van der Waals surface area contributed by atoms with E-state index in [-0.39, 0.29) is 11.7 Å². The fraction of sp³-hybridized carbons (Fsp3) is 0.615. The zero-order valence-corrected chi connectivity index (χ0v) is 19.8. The number of ether oxygens (including phenoxy) is 2. The average Bonchev–Trinajstić information content (AvgIpc) is 2.95. The standard InChI is InChI=1S/C26H31FO6/c1-15-12-21-20-7-6-18-13-19(30)8-9-23(18,4)25(20,27)11-10-24(21,5)26(15,33-17(3)29)22(31)14-32-16(2)28/h8-11,13,15,20-21H,6-7,12,14H2,1-5H3/t15?,20-,21-,23-,24-,25+,26-/m0/s1. The highest BCUT2D eigenvalue weighted by atomic mass is 19.1. The van der Waals surface area contributed by atoms with E-state index in [1.807, 2.05) is 20.8 Å². The first-order chi connectivity index (χ1) is 15.3. The molecule has 178 valence electrons. The Balaban J connectivity index is 1.83. The van der Waals surface area contributed by atoms with Crippen LogP contribution in [0.4, 0.5) is 4.39 Å². The van der Waals surface area contributed by atoms with Crippen LogP contribution in [0.1, 0.15) is 53.9 Å². The minimum Gasteiger partial charge on any atom is -0.458 e. The van der Waals surface area contributed by atoms with Crippen molar-refractivity contribution in [3.05, 3.63) is 36.0 Å². The molecule has 2 fully saturated rings. The number of carbonyl (C=O) groups excluding carboxylic acids is 4. The van der Waals surface area contributed by atoms with Gasteiger partial charge < -0.3 is 9.47 Å². The first kappa shape index (κ1) is 23.6. The molecule has 4 aliphatic carbocycles. The van der Waals surface area contributed by atoms with E-state index in [1.165, 1.54) is 26.0 Å². The van der Waals surface area contributed by atoms with Crippen LogP contribution >= 0.6 is 0 Å². The van der Waals surface area contributed by atoms with Crippen molar-refractivity contribution in [2.45, 2.75) is 65.2 Å². The number of ketones is 2. The van der Waals surface area contributed by atoms with Gasteiger partial charge in [0.25, 0.3) is 0 Å². The quantitative estimate of drug-likeness (QED) is 0.470. The molecule has 7 heteroatoms. The molecule has 0 saturated heterocycles. The van der Waals surface area contributed by atoms with E-state index in [0.717, 1.165) is 5.57 Å². The number of fused-ring (bicyclic) bond motifs is 5. The Hall–Kier alpha value is -2.57. The molecule has 0 amide bonds. The summed E-state index contributed by atoms with van der Waals surface area (Å²) < 4.78 is 27.8. The summed E-state index contributed by atoms with van der Waals surface area (Å²) in [5.41, 5.74) is -4.46. The van der Waals surface area contributed by atoms with Gasteiger partial charge in [0.15, 0.2) is 18.0 Å². The van der Waals surface area contributed by atoms with Crippen LogP contribution in [0, 0.1) is 28.6 Å². The topological polar surface area (TPSA) is 86.7 Å². The van der Waals surface area contributed by atoms with E-state index in [4.69, 9.17) is 9.47 Å². The van der Waals surface area contributed by atoms with Crippen LogP contribution in [-0.2, 0) is 28.7 Å². The summed E-state index contributed by atoms with van der Waals surface area (Å²) in [6, 6.07) is 0. The highest BCUT2D eigenvalue weighted by Crippen LogP contribution is 2.69. The van der Waals surface area contributed by atoms with Gasteiger partial charge in [-0.25, -0.2) is 4.39 Å². The van der Waals surface area contributed by atoms with E-state index in [1.54, 1.807) is 18.2 Å². The van der Waals surface area contributed by atoms with Crippen LogP contribution < -0.4 is 0 Å². The Morgan fingerprint density at radius 1 is 1.09 bits per heavy atom. The van der Waals surface area contributed by atoms with E-state index in [9.17, 15) is 19.2 Å². The van der Waals surface area contributed by atoms with Gasteiger partial charge in [-0.1, -0.05) is 31.6 Å². The number of hydrogen-bond acceptors (Lipinski definition) is 6. The number of carbonyl (C=O) groups is 4. The molecule has 7 atom stereocenters. The summed E-state index contributed by atoms with van der Waals surface area (Å²) in [6.45, 7) is 7.46. The van der Waals surface area contributed by atoms with Gasteiger partial charge in [0.1, 0.15) is 5.67 Å². The first-order valence-corrected chi connectivity index (χ1v) is 11.5. The second kappa shape index (κ2) is 7.47. The zero-order valence-electron chi connectivity index (χ0n) is 19.8. The van der Waals surface area contributed by atoms with Gasteiger partial charge in [0, 0.05) is 36.5 Å². The Morgan fingerprint density at radius 3 is 2.42 bits per heavy atom. The molecular formula is C26H31FO6. The molecule has 0 N–H and O–H groups in total. The lowest BCUT2D eigenvalue weighted by Crippen LogP contribution is -2.63. The summed E-state index contributed by atoms with van der Waals surface area (Å²) in [4.78, 5) is 49.0. The summed E-state index contributed by atoms with van der Waals surface area (Å²) in [5, 5.41) is 0. The zero-order chi connectivity index (χ0) is 24.4. The van der Waals surface area contributed by atoms with E-state index in [2.05, 4.69) is 0 Å². The largest absolute Gasteiger partial charge is 0.458 e. The molecule has 0 heterocycles. The number of Topliss-reactive ketones (excluding diaryl/α,β-unsaturated/α-hetero) is 1. The van der Waals surface area contributed by atoms with Crippen LogP contribution in [0.2, 0.25) is 0 Å². The molecule has 0 aromatic rings. The third kappa shape index (κ3) is 3.03. The molecule has 1 unspecified atom stereocenters. The Labute approximate surface area is 193 Å². The fourth-order valence-corrected chi connectivity index (χ4v) is 7.19. The highest BCUT2D eigenvalue weighted by Gasteiger charge is 2.73. The van der Waals surface area contributed by atoms with Crippen molar-refractivity contribution < 1.29 is 33.0 Å². The molecule has 4 aliphatic rings. The van der Waals surface area contributed by atoms with Crippen molar-refractivity contribution in [2.24, 2.45) is 28.6 Å². The van der Waals surface area contributed by atoms with E-state index in [0.29, 0.717) is 19.3 Å². The lowest BCUT2D eigenvalue weighted by Gasteiger charge is -2.58. The number of hydrogen-bond donors (Lipinski definition) is 0. The average molecular weight is 459 g/mol. The monoisotopic (exact) mass is 458 g/mol. The molecule has 0 aliphatic heterocycles. The molecule has 4 rings (SSSR count). The number of allylic oxidation sites excluding steroid dienone is 5. The van der Waals surface area contributed by atoms with Gasteiger partial charge in [-0.05, 0) is 50.3 Å². The molecule has 0 aromatic heterocycles. The number of esters is 2. The van der Waals surface area contributed by atoms with Crippen LogP contribution in [0.15, 0.2) is 36.0 Å². The Bertz CT molecular complexity index is 1030. The minimum absolute atomic E-state index is 0.131. The molecule has 33 heavy (non-hydrogen) atoms. The van der Waals surface area contributed by atoms with Crippen LogP contribution in [0.25, 0.3) is 0 Å². The van der Waals surface area contributed by atoms with E-state index >= 15 is 4.39 Å². The maximum atomic E-state index is 17.0. The number of alkyl halides is 1. The van der Waals surface area contributed by atoms with E-state index < -0.39 is 58.3 Å². The predicted octanol–water partition coefficient (Wildman–Crippen LogP) is 3.84. The molecule has 6 nitrogen and oxygen atoms in total. The minimum atomic E-state index is -1.75. The Morgan fingerprint density at radius 2 is 1.79 bits per heavy atom. The SMILES string of the molecule is CC(=O)OCC(=O)[C@@]1(OC(C)=O)C(C)C[C@H]2[C@@H]3CCC4=CC(=O)C=C[C@]4(C)[C@@]3(F)C=C[C@@]21C. The summed E-state index contributed by atoms with van der Waals surface area (Å²) in [7, 11) is 0. The fourth-order valence-electron chi connectivity index (χ4n) is 7.19. The normalized spacial score (nSPS) is 43.2. The van der Waals surface area contributed by atoms with Gasteiger partial charge >= 0.3 is 11.9 Å². The summed E-state index contributed by atoms with van der Waals surface area (Å²) in [5.74, 6) is -2.96. The summed E-state index contributed by atoms with van der Waals surface area (Å²) >= 11 is 0. The maximum Gasteiger partial charge on any atom is 0.303 e. The highest BCUT2D eigenvalue weighted by molar-refractivity contribution is 6.01. The van der Waals surface area contributed by atoms with Crippen LogP contribution in [0.3, 0.4) is 0 Å². The number of halogens is 1. The molecule has 0 aromatic carbocycles. The maximum absolute atomic E-state index is 17.0. The van der Waals surface area contributed by atoms with Crippen molar-refractivity contribution in [1.82, 2.24) is 0 Å². The molecule has 0 spiro atoms. The predicted molar refractivity (Wildman–Crippen MR) is 118 cm³/mol. The third-order valence-electron chi connectivity index (χ3n) is 8.78. The van der Waals surface area contributed by atoms with Crippen molar-refractivity contribution >= 4 is 23.5 Å². The van der Waals surface area contributed by atoms with Gasteiger partial charge in [0.2, 0.25) is 5.78 Å². The first-order valence-electron chi connectivity index (χ1n) is 11.5. The molecule has 2 saturated carbocycles. The molecule has 0 radical (unpaired) electrons. The molecular weight excluding hydrogens is 427 g/mol. The number of rotatable bonds is 4. The van der Waals surface area contributed by atoms with Crippen molar-refractivity contribution in [1.29, 1.82) is 0 Å². The Kier molecular flexibility index (Phi) is 5.34. The van der Waals surface area contributed by atoms with Gasteiger partial charge in [-0.3, -0.25) is 19.2 Å². The van der Waals surface area contributed by atoms with Crippen LogP contribution in [-0.4, -0.2) is 41.4 Å². The third-order valence-corrected chi connectivity index (χ3v) is 8.78. The van der Waals surface area contributed by atoms with Gasteiger partial charge in [-0.15, -0.1) is 0 Å². The lowest BCUT2D eigenvalue weighted by atomic mass is 9.48.